The van der Waals surface area contributed by atoms with Crippen molar-refractivity contribution in [1.82, 2.24) is 5.16 Å². The number of hydrogen-bond acceptors (Lipinski definition) is 5. The molecule has 1 aliphatic heterocycles. The van der Waals surface area contributed by atoms with Gasteiger partial charge in [0.1, 0.15) is 18.9 Å². The van der Waals surface area contributed by atoms with Crippen LogP contribution in [0.1, 0.15) is 11.1 Å². The summed E-state index contributed by atoms with van der Waals surface area (Å²) in [6.45, 7) is 5.15. The summed E-state index contributed by atoms with van der Waals surface area (Å²) < 4.78 is 16.3. The number of rotatable bonds is 1. The minimum absolute atomic E-state index is 0.288. The molecule has 0 saturated carbocycles. The summed E-state index contributed by atoms with van der Waals surface area (Å²) in [5.74, 6) is 1.76. The molecule has 18 heavy (non-hydrogen) atoms. The first-order valence-corrected chi connectivity index (χ1v) is 5.79. The Bertz CT molecular complexity index is 605. The maximum Gasteiger partial charge on any atom is 0.222 e. The fraction of sp³-hybridized carbons (Fsp3) is 0.308. The topological polar surface area (TPSA) is 70.5 Å². The summed E-state index contributed by atoms with van der Waals surface area (Å²) in [7, 11) is 0. The highest BCUT2D eigenvalue weighted by atomic mass is 16.6. The van der Waals surface area contributed by atoms with E-state index in [1.807, 2.05) is 19.9 Å². The van der Waals surface area contributed by atoms with E-state index >= 15 is 0 Å². The van der Waals surface area contributed by atoms with Gasteiger partial charge in [-0.1, -0.05) is 5.16 Å². The molecule has 2 heterocycles. The number of benzene rings is 1. The number of ether oxygens (including phenoxy) is 2. The van der Waals surface area contributed by atoms with Gasteiger partial charge in [0.2, 0.25) is 5.88 Å². The molecule has 0 bridgehead atoms. The third kappa shape index (κ3) is 1.59. The fourth-order valence-electron chi connectivity index (χ4n) is 2.12. The van der Waals surface area contributed by atoms with Crippen LogP contribution in [0.3, 0.4) is 0 Å². The van der Waals surface area contributed by atoms with Crippen molar-refractivity contribution in [3.05, 3.63) is 23.3 Å². The van der Waals surface area contributed by atoms with Crippen LogP contribution in [-0.4, -0.2) is 18.4 Å². The summed E-state index contributed by atoms with van der Waals surface area (Å²) in [5, 5.41) is 3.96. The zero-order chi connectivity index (χ0) is 12.7. The number of anilines is 1. The fourth-order valence-corrected chi connectivity index (χ4v) is 2.12. The van der Waals surface area contributed by atoms with E-state index in [1.165, 1.54) is 0 Å². The molecule has 5 heteroatoms. The van der Waals surface area contributed by atoms with Crippen molar-refractivity contribution in [2.75, 3.05) is 18.9 Å². The third-order valence-electron chi connectivity index (χ3n) is 3.14. The Morgan fingerprint density at radius 3 is 2.67 bits per heavy atom. The molecule has 0 amide bonds. The molecular weight excluding hydrogens is 232 g/mol. The molecule has 0 spiro atoms. The van der Waals surface area contributed by atoms with Crippen LogP contribution in [0.5, 0.6) is 11.5 Å². The van der Waals surface area contributed by atoms with Crippen LogP contribution in [0.4, 0.5) is 5.88 Å². The van der Waals surface area contributed by atoms with Crippen molar-refractivity contribution in [2.24, 2.45) is 0 Å². The Hall–Kier alpha value is -2.17. The van der Waals surface area contributed by atoms with E-state index in [4.69, 9.17) is 19.7 Å². The molecule has 0 radical (unpaired) electrons. The number of nitrogen functional groups attached to an aromatic ring is 1. The van der Waals surface area contributed by atoms with Crippen molar-refractivity contribution in [1.29, 1.82) is 0 Å². The van der Waals surface area contributed by atoms with E-state index in [9.17, 15) is 0 Å². The minimum Gasteiger partial charge on any atom is -0.486 e. The van der Waals surface area contributed by atoms with Crippen LogP contribution in [-0.2, 0) is 0 Å². The number of nitrogens with two attached hydrogens (primary N) is 1. The van der Waals surface area contributed by atoms with Gasteiger partial charge in [-0.25, -0.2) is 0 Å². The average Bonchev–Trinajstić information content (AvgIpc) is 2.77. The van der Waals surface area contributed by atoms with E-state index in [-0.39, 0.29) is 5.88 Å². The molecule has 1 aromatic heterocycles. The van der Waals surface area contributed by atoms with Gasteiger partial charge in [-0.3, -0.25) is 0 Å². The van der Waals surface area contributed by atoms with Gasteiger partial charge in [0.25, 0.3) is 0 Å². The number of hydrogen-bond donors (Lipinski definition) is 1. The molecule has 2 N–H and O–H groups in total. The smallest absolute Gasteiger partial charge is 0.222 e. The standard InChI is InChI=1S/C13H14N2O3/c1-7-5-10-13(17-4-3-16-10)12(8(7)2)9-6-11(14)18-15-9/h5-6H,3-4,14H2,1-2H3. The van der Waals surface area contributed by atoms with Crippen molar-refractivity contribution in [3.63, 3.8) is 0 Å². The maximum absolute atomic E-state index is 5.71. The van der Waals surface area contributed by atoms with Gasteiger partial charge in [-0.2, -0.15) is 0 Å². The Balaban J connectivity index is 2.26. The van der Waals surface area contributed by atoms with Crippen molar-refractivity contribution in [2.45, 2.75) is 13.8 Å². The van der Waals surface area contributed by atoms with Gasteiger partial charge in [-0.05, 0) is 31.0 Å². The summed E-state index contributed by atoms with van der Waals surface area (Å²) >= 11 is 0. The largest absolute Gasteiger partial charge is 0.486 e. The maximum atomic E-state index is 5.71. The van der Waals surface area contributed by atoms with Crippen molar-refractivity contribution >= 4 is 5.88 Å². The number of aryl methyl sites for hydroxylation is 1. The molecular formula is C13H14N2O3. The quantitative estimate of drug-likeness (QED) is 0.836. The number of nitrogens with zero attached hydrogens (tertiary/aromatic N) is 1. The van der Waals surface area contributed by atoms with E-state index < -0.39 is 0 Å². The van der Waals surface area contributed by atoms with Crippen LogP contribution < -0.4 is 15.2 Å². The lowest BCUT2D eigenvalue weighted by atomic mass is 9.98. The Kier molecular flexibility index (Phi) is 2.40. The van der Waals surface area contributed by atoms with Gasteiger partial charge in [0, 0.05) is 6.07 Å². The Morgan fingerprint density at radius 2 is 1.94 bits per heavy atom. The van der Waals surface area contributed by atoms with Gasteiger partial charge < -0.3 is 19.7 Å². The SMILES string of the molecule is Cc1cc2c(c(-c3cc(N)on3)c1C)OCCO2. The molecule has 1 aliphatic rings. The van der Waals surface area contributed by atoms with Gasteiger partial charge >= 0.3 is 0 Å². The predicted molar refractivity (Wildman–Crippen MR) is 66.8 cm³/mol. The van der Waals surface area contributed by atoms with Crippen LogP contribution in [0, 0.1) is 13.8 Å². The third-order valence-corrected chi connectivity index (χ3v) is 3.14. The monoisotopic (exact) mass is 246 g/mol. The van der Waals surface area contributed by atoms with Gasteiger partial charge in [0.05, 0.1) is 5.56 Å². The zero-order valence-corrected chi connectivity index (χ0v) is 10.3. The molecule has 0 atom stereocenters. The lowest BCUT2D eigenvalue weighted by molar-refractivity contribution is 0.172. The molecule has 0 fully saturated rings. The molecule has 2 aromatic rings. The van der Waals surface area contributed by atoms with Crippen LogP contribution in [0.25, 0.3) is 11.3 Å². The second-order valence-electron chi connectivity index (χ2n) is 4.33. The van der Waals surface area contributed by atoms with Crippen LogP contribution in [0.15, 0.2) is 16.7 Å². The first-order chi connectivity index (χ1) is 8.66. The highest BCUT2D eigenvalue weighted by molar-refractivity contribution is 5.77. The normalized spacial score (nSPS) is 13.7. The zero-order valence-electron chi connectivity index (χ0n) is 10.3. The minimum atomic E-state index is 0.288. The van der Waals surface area contributed by atoms with Gasteiger partial charge in [0.15, 0.2) is 11.5 Å². The number of fused-ring (bicyclic) bond motifs is 1. The molecule has 94 valence electrons. The average molecular weight is 246 g/mol. The van der Waals surface area contributed by atoms with Gasteiger partial charge in [-0.15, -0.1) is 0 Å². The second-order valence-corrected chi connectivity index (χ2v) is 4.33. The van der Waals surface area contributed by atoms with Crippen LogP contribution in [0.2, 0.25) is 0 Å². The van der Waals surface area contributed by atoms with Crippen molar-refractivity contribution in [3.8, 4) is 22.8 Å². The molecule has 3 rings (SSSR count). The van der Waals surface area contributed by atoms with Crippen molar-refractivity contribution < 1.29 is 14.0 Å². The summed E-state index contributed by atoms with van der Waals surface area (Å²) in [6.07, 6.45) is 0. The Labute approximate surface area is 104 Å². The first kappa shape index (κ1) is 11.0. The summed E-state index contributed by atoms with van der Waals surface area (Å²) in [4.78, 5) is 0. The molecule has 5 nitrogen and oxygen atoms in total. The second kappa shape index (κ2) is 3.94. The van der Waals surface area contributed by atoms with E-state index in [0.29, 0.717) is 18.9 Å². The lowest BCUT2D eigenvalue weighted by Gasteiger charge is -2.22. The predicted octanol–water partition coefficient (Wildman–Crippen LogP) is 2.31. The van der Waals surface area contributed by atoms with E-state index in [2.05, 4.69) is 5.16 Å². The van der Waals surface area contributed by atoms with Crippen LogP contribution >= 0.6 is 0 Å². The summed E-state index contributed by atoms with van der Waals surface area (Å²) in [5.41, 5.74) is 9.36. The molecule has 0 unspecified atom stereocenters. The molecule has 0 aliphatic carbocycles. The lowest BCUT2D eigenvalue weighted by Crippen LogP contribution is -2.16. The highest BCUT2D eigenvalue weighted by Gasteiger charge is 2.22. The summed E-state index contributed by atoms with van der Waals surface area (Å²) in [6, 6.07) is 3.68. The molecule has 1 aromatic carbocycles. The number of aromatic nitrogens is 1. The molecule has 0 saturated heterocycles. The first-order valence-electron chi connectivity index (χ1n) is 5.79. The van der Waals surface area contributed by atoms with E-state index in [0.717, 1.165) is 28.2 Å². The highest BCUT2D eigenvalue weighted by Crippen LogP contribution is 2.43. The van der Waals surface area contributed by atoms with E-state index in [1.54, 1.807) is 6.07 Å². The Morgan fingerprint density at radius 1 is 1.17 bits per heavy atom.